The maximum Gasteiger partial charge on any atom is 0.338 e. The summed E-state index contributed by atoms with van der Waals surface area (Å²) in [5.74, 6) is -1.19. The van der Waals surface area contributed by atoms with Gasteiger partial charge in [-0.3, -0.25) is 4.79 Å². The van der Waals surface area contributed by atoms with Crippen molar-refractivity contribution in [1.29, 1.82) is 0 Å². The van der Waals surface area contributed by atoms with Crippen LogP contribution in [0.3, 0.4) is 0 Å². The average molecular weight is 356 g/mol. The maximum atomic E-state index is 12.6. The SMILES string of the molecule is CNC(=O)COC(=O)c1cc(S(=O)(=O)N2CCOCC2)ccc1C. The Morgan fingerprint density at radius 3 is 2.58 bits per heavy atom. The Hall–Kier alpha value is -1.97. The van der Waals surface area contributed by atoms with Gasteiger partial charge in [0, 0.05) is 20.1 Å². The van der Waals surface area contributed by atoms with Gasteiger partial charge in [0.2, 0.25) is 10.0 Å². The standard InChI is InChI=1S/C15H20N2O6S/c1-11-3-4-12(24(20,21)17-5-7-22-8-6-17)9-13(11)15(19)23-10-14(18)16-2/h3-4,9H,5-8,10H2,1-2H3,(H,16,18). The lowest BCUT2D eigenvalue weighted by Crippen LogP contribution is -2.40. The van der Waals surface area contributed by atoms with E-state index in [1.807, 2.05) is 0 Å². The van der Waals surface area contributed by atoms with Crippen LogP contribution in [0.1, 0.15) is 15.9 Å². The van der Waals surface area contributed by atoms with Gasteiger partial charge in [-0.25, -0.2) is 13.2 Å². The molecule has 0 radical (unpaired) electrons. The summed E-state index contributed by atoms with van der Waals surface area (Å²) < 4.78 is 36.7. The number of hydrogen-bond acceptors (Lipinski definition) is 6. The van der Waals surface area contributed by atoms with Gasteiger partial charge in [0.25, 0.3) is 5.91 Å². The molecule has 1 aromatic carbocycles. The minimum absolute atomic E-state index is 0.0156. The van der Waals surface area contributed by atoms with Crippen LogP contribution in [0.25, 0.3) is 0 Å². The lowest BCUT2D eigenvalue weighted by molar-refractivity contribution is -0.123. The molecular formula is C15H20N2O6S. The van der Waals surface area contributed by atoms with Crippen molar-refractivity contribution in [3.63, 3.8) is 0 Å². The van der Waals surface area contributed by atoms with Gasteiger partial charge in [-0.2, -0.15) is 4.31 Å². The molecule has 1 fully saturated rings. The number of rotatable bonds is 5. The molecular weight excluding hydrogens is 336 g/mol. The molecule has 0 saturated carbocycles. The quantitative estimate of drug-likeness (QED) is 0.741. The van der Waals surface area contributed by atoms with Gasteiger partial charge >= 0.3 is 5.97 Å². The van der Waals surface area contributed by atoms with Crippen LogP contribution in [0.4, 0.5) is 0 Å². The van der Waals surface area contributed by atoms with Crippen LogP contribution in [-0.4, -0.2) is 64.6 Å². The van der Waals surface area contributed by atoms with Crippen LogP contribution in [0, 0.1) is 6.92 Å². The number of sulfonamides is 1. The Balaban J connectivity index is 2.24. The maximum absolute atomic E-state index is 12.6. The van der Waals surface area contributed by atoms with Crippen LogP contribution in [0.2, 0.25) is 0 Å². The number of esters is 1. The van der Waals surface area contributed by atoms with Crippen molar-refractivity contribution in [1.82, 2.24) is 9.62 Å². The Morgan fingerprint density at radius 1 is 1.29 bits per heavy atom. The Morgan fingerprint density at radius 2 is 1.96 bits per heavy atom. The van der Waals surface area contributed by atoms with Gasteiger partial charge in [-0.15, -0.1) is 0 Å². The van der Waals surface area contributed by atoms with E-state index in [2.05, 4.69) is 5.32 Å². The van der Waals surface area contributed by atoms with Crippen molar-refractivity contribution in [2.75, 3.05) is 40.0 Å². The Bertz CT molecular complexity index is 725. The fourth-order valence-electron chi connectivity index (χ4n) is 2.20. The zero-order valence-corrected chi connectivity index (χ0v) is 14.4. The second kappa shape index (κ2) is 7.73. The fourth-order valence-corrected chi connectivity index (χ4v) is 3.63. The number of nitrogens with one attached hydrogen (secondary N) is 1. The third-order valence-corrected chi connectivity index (χ3v) is 5.54. The molecule has 0 bridgehead atoms. The second-order valence-electron chi connectivity index (χ2n) is 5.24. The number of carbonyl (C=O) groups excluding carboxylic acids is 2. The van der Waals surface area contributed by atoms with Crippen molar-refractivity contribution in [3.8, 4) is 0 Å². The number of ether oxygens (including phenoxy) is 2. The molecule has 0 spiro atoms. The summed E-state index contributed by atoms with van der Waals surface area (Å²) in [5.41, 5.74) is 0.686. The van der Waals surface area contributed by atoms with Gasteiger partial charge in [0.05, 0.1) is 23.7 Å². The highest BCUT2D eigenvalue weighted by Crippen LogP contribution is 2.21. The van der Waals surface area contributed by atoms with Crippen LogP contribution in [-0.2, 0) is 24.3 Å². The van der Waals surface area contributed by atoms with E-state index >= 15 is 0 Å². The number of nitrogens with zero attached hydrogens (tertiary/aromatic N) is 1. The highest BCUT2D eigenvalue weighted by molar-refractivity contribution is 7.89. The minimum atomic E-state index is -3.70. The van der Waals surface area contributed by atoms with Gasteiger partial charge < -0.3 is 14.8 Å². The Labute approximate surface area is 140 Å². The average Bonchev–Trinajstić information content (AvgIpc) is 2.60. The predicted molar refractivity (Wildman–Crippen MR) is 85.1 cm³/mol. The number of morpholine rings is 1. The van der Waals surface area contributed by atoms with Crippen molar-refractivity contribution in [2.45, 2.75) is 11.8 Å². The topological polar surface area (TPSA) is 102 Å². The second-order valence-corrected chi connectivity index (χ2v) is 7.18. The smallest absolute Gasteiger partial charge is 0.338 e. The monoisotopic (exact) mass is 356 g/mol. The van der Waals surface area contributed by atoms with Gasteiger partial charge in [-0.05, 0) is 24.6 Å². The molecule has 8 nitrogen and oxygen atoms in total. The van der Waals surface area contributed by atoms with E-state index in [4.69, 9.17) is 9.47 Å². The van der Waals surface area contributed by atoms with E-state index in [0.29, 0.717) is 18.8 Å². The molecule has 2 rings (SSSR count). The molecule has 1 aliphatic rings. The summed E-state index contributed by atoms with van der Waals surface area (Å²) in [6.45, 7) is 2.47. The molecule has 1 N–H and O–H groups in total. The lowest BCUT2D eigenvalue weighted by atomic mass is 10.1. The fraction of sp³-hybridized carbons (Fsp3) is 0.467. The van der Waals surface area contributed by atoms with E-state index < -0.39 is 28.5 Å². The first-order valence-corrected chi connectivity index (χ1v) is 8.86. The van der Waals surface area contributed by atoms with Crippen LogP contribution < -0.4 is 5.32 Å². The molecule has 1 aromatic rings. The van der Waals surface area contributed by atoms with Gasteiger partial charge in [0.15, 0.2) is 6.61 Å². The summed E-state index contributed by atoms with van der Waals surface area (Å²) in [4.78, 5) is 23.3. The molecule has 132 valence electrons. The highest BCUT2D eigenvalue weighted by atomic mass is 32.2. The van der Waals surface area contributed by atoms with Crippen molar-refractivity contribution < 1.29 is 27.5 Å². The molecule has 1 amide bonds. The molecule has 1 aliphatic heterocycles. The zero-order valence-electron chi connectivity index (χ0n) is 13.6. The zero-order chi connectivity index (χ0) is 17.7. The molecule has 0 atom stereocenters. The van der Waals surface area contributed by atoms with Crippen LogP contribution in [0.5, 0.6) is 0 Å². The number of hydrogen-bond donors (Lipinski definition) is 1. The number of likely N-dealkylation sites (N-methyl/N-ethyl adjacent to an activating group) is 1. The van der Waals surface area contributed by atoms with E-state index in [-0.39, 0.29) is 23.5 Å². The van der Waals surface area contributed by atoms with Crippen molar-refractivity contribution >= 4 is 21.9 Å². The highest BCUT2D eigenvalue weighted by Gasteiger charge is 2.27. The number of amides is 1. The number of aryl methyl sites for hydroxylation is 1. The Kier molecular flexibility index (Phi) is 5.92. The first kappa shape index (κ1) is 18.4. The molecule has 1 saturated heterocycles. The van der Waals surface area contributed by atoms with E-state index in [9.17, 15) is 18.0 Å². The van der Waals surface area contributed by atoms with Crippen molar-refractivity contribution in [3.05, 3.63) is 29.3 Å². The first-order valence-electron chi connectivity index (χ1n) is 7.42. The lowest BCUT2D eigenvalue weighted by Gasteiger charge is -2.26. The molecule has 9 heteroatoms. The summed E-state index contributed by atoms with van der Waals surface area (Å²) in [6, 6.07) is 4.28. The number of carbonyl (C=O) groups is 2. The summed E-state index contributed by atoms with van der Waals surface area (Å²) in [6.07, 6.45) is 0. The normalized spacial score (nSPS) is 15.8. The van der Waals surface area contributed by atoms with Crippen molar-refractivity contribution in [2.24, 2.45) is 0 Å². The van der Waals surface area contributed by atoms with Crippen LogP contribution >= 0.6 is 0 Å². The summed E-state index contributed by atoms with van der Waals surface area (Å²) in [7, 11) is -2.28. The van der Waals surface area contributed by atoms with Gasteiger partial charge in [-0.1, -0.05) is 6.07 Å². The largest absolute Gasteiger partial charge is 0.452 e. The minimum Gasteiger partial charge on any atom is -0.452 e. The third-order valence-electron chi connectivity index (χ3n) is 3.65. The van der Waals surface area contributed by atoms with E-state index in [1.54, 1.807) is 13.0 Å². The summed E-state index contributed by atoms with van der Waals surface area (Å²) in [5, 5.41) is 2.33. The molecule has 0 unspecified atom stereocenters. The van der Waals surface area contributed by atoms with E-state index in [0.717, 1.165) is 0 Å². The molecule has 0 aromatic heterocycles. The molecule has 0 aliphatic carbocycles. The third kappa shape index (κ3) is 4.11. The predicted octanol–water partition coefficient (Wildman–Crippen LogP) is -0.0813. The van der Waals surface area contributed by atoms with Gasteiger partial charge in [0.1, 0.15) is 0 Å². The number of benzene rings is 1. The first-order chi connectivity index (χ1) is 11.4. The molecule has 24 heavy (non-hydrogen) atoms. The molecule has 1 heterocycles. The summed E-state index contributed by atoms with van der Waals surface area (Å²) >= 11 is 0. The van der Waals surface area contributed by atoms with Crippen LogP contribution in [0.15, 0.2) is 23.1 Å². The van der Waals surface area contributed by atoms with E-state index in [1.165, 1.54) is 23.5 Å².